The highest BCUT2D eigenvalue weighted by atomic mass is 35.5. The number of hydrogen-bond donors (Lipinski definition) is 0. The first-order valence-corrected chi connectivity index (χ1v) is 6.90. The van der Waals surface area contributed by atoms with E-state index in [4.69, 9.17) is 11.6 Å². The molecule has 1 heterocycles. The molecular formula is C16H17ClN2O. The van der Waals surface area contributed by atoms with Gasteiger partial charge in [-0.15, -0.1) is 11.6 Å². The topological polar surface area (TPSA) is 33.2 Å². The Morgan fingerprint density at radius 1 is 1.10 bits per heavy atom. The Labute approximate surface area is 124 Å². The van der Waals surface area contributed by atoms with E-state index in [0.29, 0.717) is 0 Å². The highest BCUT2D eigenvalue weighted by Gasteiger charge is 2.25. The monoisotopic (exact) mass is 288 g/mol. The summed E-state index contributed by atoms with van der Waals surface area (Å²) in [6.07, 6.45) is 3.44. The Bertz CT molecular complexity index is 559. The first kappa shape index (κ1) is 14.5. The van der Waals surface area contributed by atoms with Gasteiger partial charge in [-0.2, -0.15) is 0 Å². The normalized spacial score (nSPS) is 13.6. The predicted molar refractivity (Wildman–Crippen MR) is 80.5 cm³/mol. The van der Waals surface area contributed by atoms with Gasteiger partial charge in [0.15, 0.2) is 0 Å². The highest BCUT2D eigenvalue weighted by molar-refractivity contribution is 6.30. The number of nitrogens with zero attached hydrogens (tertiary/aromatic N) is 2. The summed E-state index contributed by atoms with van der Waals surface area (Å²) in [5.41, 5.74) is 1.85. The van der Waals surface area contributed by atoms with Gasteiger partial charge < -0.3 is 4.90 Å². The number of benzene rings is 1. The van der Waals surface area contributed by atoms with Crippen molar-refractivity contribution in [2.75, 3.05) is 7.05 Å². The minimum absolute atomic E-state index is 0.0459. The maximum atomic E-state index is 12.4. The molecule has 0 N–H and O–H groups in total. The molecule has 20 heavy (non-hydrogen) atoms. The summed E-state index contributed by atoms with van der Waals surface area (Å²) >= 11 is 6.28. The lowest BCUT2D eigenvalue weighted by Gasteiger charge is -2.27. The zero-order valence-electron chi connectivity index (χ0n) is 11.5. The Hall–Kier alpha value is -1.87. The summed E-state index contributed by atoms with van der Waals surface area (Å²) < 4.78 is 0. The van der Waals surface area contributed by atoms with E-state index in [1.807, 2.05) is 49.4 Å². The molecule has 1 amide bonds. The lowest BCUT2D eigenvalue weighted by atomic mass is 10.1. The molecule has 3 nitrogen and oxygen atoms in total. The molecule has 1 aromatic carbocycles. The van der Waals surface area contributed by atoms with Crippen molar-refractivity contribution < 1.29 is 4.79 Å². The van der Waals surface area contributed by atoms with Crippen LogP contribution in [0, 0.1) is 0 Å². The van der Waals surface area contributed by atoms with Crippen molar-refractivity contribution in [1.82, 2.24) is 9.88 Å². The number of carbonyl (C=O) groups is 1. The summed E-state index contributed by atoms with van der Waals surface area (Å²) in [6, 6.07) is 13.1. The van der Waals surface area contributed by atoms with E-state index in [2.05, 4.69) is 4.98 Å². The molecule has 4 heteroatoms. The molecule has 2 aromatic rings. The predicted octanol–water partition coefficient (Wildman–Crippen LogP) is 3.58. The number of carbonyl (C=O) groups excluding carboxylic acids is 1. The second-order valence-electron chi connectivity index (χ2n) is 4.68. The average molecular weight is 289 g/mol. The van der Waals surface area contributed by atoms with Crippen molar-refractivity contribution in [1.29, 1.82) is 0 Å². The second kappa shape index (κ2) is 6.53. The number of hydrogen-bond acceptors (Lipinski definition) is 2. The first-order chi connectivity index (χ1) is 9.61. The first-order valence-electron chi connectivity index (χ1n) is 6.47. The summed E-state index contributed by atoms with van der Waals surface area (Å²) in [5, 5.41) is -0.662. The van der Waals surface area contributed by atoms with Crippen molar-refractivity contribution in [3.05, 3.63) is 66.0 Å². The van der Waals surface area contributed by atoms with Gasteiger partial charge in [0.05, 0.1) is 6.04 Å². The van der Waals surface area contributed by atoms with Crippen LogP contribution in [-0.4, -0.2) is 22.8 Å². The van der Waals surface area contributed by atoms with Crippen LogP contribution in [-0.2, 0) is 4.79 Å². The fraction of sp³-hybridized carbons (Fsp3) is 0.250. The standard InChI is InChI=1S/C16H17ClN2O/c1-12(13-8-10-18-11-9-13)19(2)16(20)15(17)14-6-4-3-5-7-14/h3-12,15H,1-2H3. The van der Waals surface area contributed by atoms with Crippen LogP contribution in [0.2, 0.25) is 0 Å². The molecule has 0 aliphatic heterocycles. The van der Waals surface area contributed by atoms with E-state index in [9.17, 15) is 4.79 Å². The molecular weight excluding hydrogens is 272 g/mol. The third kappa shape index (κ3) is 3.17. The molecule has 0 aliphatic carbocycles. The molecule has 0 aliphatic rings. The average Bonchev–Trinajstić information content (AvgIpc) is 2.53. The maximum Gasteiger partial charge on any atom is 0.245 e. The van der Waals surface area contributed by atoms with Crippen LogP contribution in [0.1, 0.15) is 29.5 Å². The zero-order chi connectivity index (χ0) is 14.5. The van der Waals surface area contributed by atoms with Crippen LogP contribution in [0.5, 0.6) is 0 Å². The summed E-state index contributed by atoms with van der Waals surface area (Å²) in [7, 11) is 1.77. The molecule has 0 bridgehead atoms. The molecule has 0 fully saturated rings. The van der Waals surface area contributed by atoms with Gasteiger partial charge in [0.1, 0.15) is 5.38 Å². The smallest absolute Gasteiger partial charge is 0.245 e. The van der Waals surface area contributed by atoms with E-state index < -0.39 is 5.38 Å². The molecule has 0 spiro atoms. The van der Waals surface area contributed by atoms with Gasteiger partial charge >= 0.3 is 0 Å². The molecule has 2 atom stereocenters. The van der Waals surface area contributed by atoms with E-state index in [1.165, 1.54) is 0 Å². The maximum absolute atomic E-state index is 12.4. The van der Waals surface area contributed by atoms with Crippen LogP contribution in [0.25, 0.3) is 0 Å². The zero-order valence-corrected chi connectivity index (χ0v) is 12.3. The fourth-order valence-electron chi connectivity index (χ4n) is 2.00. The van der Waals surface area contributed by atoms with Crippen molar-refractivity contribution in [2.45, 2.75) is 18.3 Å². The third-order valence-corrected chi connectivity index (χ3v) is 3.86. The van der Waals surface area contributed by atoms with Crippen LogP contribution in [0.4, 0.5) is 0 Å². The Balaban J connectivity index is 2.13. The second-order valence-corrected chi connectivity index (χ2v) is 5.12. The van der Waals surface area contributed by atoms with Gasteiger partial charge in [-0.1, -0.05) is 30.3 Å². The molecule has 0 saturated heterocycles. The Kier molecular flexibility index (Phi) is 4.74. The number of alkyl halides is 1. The van der Waals surface area contributed by atoms with Gasteiger partial charge in [0.25, 0.3) is 0 Å². The molecule has 2 unspecified atom stereocenters. The van der Waals surface area contributed by atoms with Crippen LogP contribution < -0.4 is 0 Å². The fourth-order valence-corrected chi connectivity index (χ4v) is 2.30. The quantitative estimate of drug-likeness (QED) is 0.806. The number of halogens is 1. The van der Waals surface area contributed by atoms with Gasteiger partial charge in [-0.25, -0.2) is 0 Å². The van der Waals surface area contributed by atoms with Crippen molar-refractivity contribution in [3.8, 4) is 0 Å². The largest absolute Gasteiger partial charge is 0.337 e. The Morgan fingerprint density at radius 2 is 1.70 bits per heavy atom. The lowest BCUT2D eigenvalue weighted by molar-refractivity contribution is -0.131. The van der Waals surface area contributed by atoms with Gasteiger partial charge in [-0.05, 0) is 30.2 Å². The number of aromatic nitrogens is 1. The van der Waals surface area contributed by atoms with Crippen LogP contribution in [0.15, 0.2) is 54.9 Å². The molecule has 0 radical (unpaired) electrons. The molecule has 1 aromatic heterocycles. The minimum atomic E-state index is -0.662. The van der Waals surface area contributed by atoms with Gasteiger partial charge in [0, 0.05) is 19.4 Å². The van der Waals surface area contributed by atoms with E-state index in [1.54, 1.807) is 24.3 Å². The Morgan fingerprint density at radius 3 is 2.30 bits per heavy atom. The number of likely N-dealkylation sites (N-methyl/N-ethyl adjacent to an activating group) is 1. The number of pyridine rings is 1. The van der Waals surface area contributed by atoms with Gasteiger partial charge in [0.2, 0.25) is 5.91 Å². The number of rotatable bonds is 4. The third-order valence-electron chi connectivity index (χ3n) is 3.43. The highest BCUT2D eigenvalue weighted by Crippen LogP contribution is 2.26. The summed E-state index contributed by atoms with van der Waals surface area (Å²) in [6.45, 7) is 1.97. The molecule has 0 saturated carbocycles. The van der Waals surface area contributed by atoms with Crippen molar-refractivity contribution in [3.63, 3.8) is 0 Å². The van der Waals surface area contributed by atoms with Crippen LogP contribution in [0.3, 0.4) is 0 Å². The lowest BCUT2D eigenvalue weighted by Crippen LogP contribution is -2.32. The molecule has 104 valence electrons. The molecule has 2 rings (SSSR count). The summed E-state index contributed by atoms with van der Waals surface area (Å²) in [4.78, 5) is 18.1. The van der Waals surface area contributed by atoms with Crippen molar-refractivity contribution >= 4 is 17.5 Å². The van der Waals surface area contributed by atoms with E-state index >= 15 is 0 Å². The van der Waals surface area contributed by atoms with E-state index in [-0.39, 0.29) is 11.9 Å². The van der Waals surface area contributed by atoms with Crippen molar-refractivity contribution in [2.24, 2.45) is 0 Å². The number of amides is 1. The SMILES string of the molecule is CC(c1ccncc1)N(C)C(=O)C(Cl)c1ccccc1. The van der Waals surface area contributed by atoms with Crippen LogP contribution >= 0.6 is 11.6 Å². The van der Waals surface area contributed by atoms with Gasteiger partial charge in [-0.3, -0.25) is 9.78 Å². The summed E-state index contributed by atoms with van der Waals surface area (Å²) in [5.74, 6) is -0.109. The van der Waals surface area contributed by atoms with E-state index in [0.717, 1.165) is 11.1 Å². The minimum Gasteiger partial charge on any atom is -0.337 e.